The van der Waals surface area contributed by atoms with Crippen LogP contribution in [0.5, 0.6) is 0 Å². The second kappa shape index (κ2) is 6.07. The molecule has 2 aromatic rings. The van der Waals surface area contributed by atoms with Crippen LogP contribution in [0.15, 0.2) is 21.9 Å². The Bertz CT molecular complexity index is 781. The van der Waals surface area contributed by atoms with E-state index in [2.05, 4.69) is 4.98 Å². The van der Waals surface area contributed by atoms with Crippen molar-refractivity contribution in [2.75, 3.05) is 13.1 Å². The summed E-state index contributed by atoms with van der Waals surface area (Å²) in [5.74, 6) is 1.52. The van der Waals surface area contributed by atoms with Crippen LogP contribution in [0.2, 0.25) is 0 Å². The number of piperidine rings is 1. The van der Waals surface area contributed by atoms with E-state index >= 15 is 0 Å². The highest BCUT2D eigenvalue weighted by Gasteiger charge is 2.32. The van der Waals surface area contributed by atoms with Crippen LogP contribution >= 0.6 is 11.3 Å². The fraction of sp³-hybridized carbons (Fsp3) is 0.588. The van der Waals surface area contributed by atoms with Gasteiger partial charge >= 0.3 is 0 Å². The van der Waals surface area contributed by atoms with Crippen LogP contribution in [-0.2, 0) is 11.3 Å². The number of likely N-dealkylation sites (tertiary alicyclic amines) is 1. The molecule has 4 rings (SSSR count). The average molecular weight is 331 g/mol. The minimum Gasteiger partial charge on any atom is -0.341 e. The van der Waals surface area contributed by atoms with Crippen LogP contribution < -0.4 is 5.56 Å². The minimum absolute atomic E-state index is 0.0486. The molecule has 0 bridgehead atoms. The fourth-order valence-corrected chi connectivity index (χ4v) is 4.82. The van der Waals surface area contributed by atoms with Gasteiger partial charge in [0.15, 0.2) is 0 Å². The molecule has 0 radical (unpaired) electrons. The largest absolute Gasteiger partial charge is 0.341 e. The molecule has 6 heteroatoms. The Kier molecular flexibility index (Phi) is 3.93. The van der Waals surface area contributed by atoms with Gasteiger partial charge in [-0.1, -0.05) is 19.3 Å². The summed E-state index contributed by atoms with van der Waals surface area (Å²) in [7, 11) is 0. The van der Waals surface area contributed by atoms with E-state index in [-0.39, 0.29) is 18.0 Å². The highest BCUT2D eigenvalue weighted by Crippen LogP contribution is 2.36. The number of hydrogen-bond acceptors (Lipinski definition) is 4. The first-order chi connectivity index (χ1) is 11.2. The molecule has 122 valence electrons. The van der Waals surface area contributed by atoms with E-state index in [1.165, 1.54) is 47.9 Å². The Balaban J connectivity index is 1.48. The third-order valence-electron chi connectivity index (χ3n) is 5.42. The van der Waals surface area contributed by atoms with Gasteiger partial charge < -0.3 is 4.90 Å². The number of rotatable bonds is 2. The predicted octanol–water partition coefficient (Wildman–Crippen LogP) is 2.50. The Morgan fingerprint density at radius 1 is 1.22 bits per heavy atom. The van der Waals surface area contributed by atoms with Gasteiger partial charge in [0.2, 0.25) is 5.91 Å². The van der Waals surface area contributed by atoms with Crippen molar-refractivity contribution in [1.29, 1.82) is 0 Å². The summed E-state index contributed by atoms with van der Waals surface area (Å²) < 4.78 is 1.45. The third-order valence-corrected chi connectivity index (χ3v) is 6.15. The lowest BCUT2D eigenvalue weighted by Gasteiger charge is -2.41. The number of hydrogen-bond donors (Lipinski definition) is 0. The SMILES string of the molecule is O=C(Cn1cnc2cscc2c1=O)N1CCC2CCCCC2C1. The average Bonchev–Trinajstić information content (AvgIpc) is 3.06. The van der Waals surface area contributed by atoms with E-state index < -0.39 is 0 Å². The highest BCUT2D eigenvalue weighted by atomic mass is 32.1. The number of thiophene rings is 1. The van der Waals surface area contributed by atoms with Crippen LogP contribution in [-0.4, -0.2) is 33.4 Å². The Hall–Kier alpha value is -1.69. The summed E-state index contributed by atoms with van der Waals surface area (Å²) in [6.45, 7) is 1.81. The van der Waals surface area contributed by atoms with Crippen LogP contribution in [0.3, 0.4) is 0 Å². The first-order valence-corrected chi connectivity index (χ1v) is 9.36. The number of aromatic nitrogens is 2. The number of carbonyl (C=O) groups is 1. The smallest absolute Gasteiger partial charge is 0.262 e. The molecule has 0 N–H and O–H groups in total. The van der Waals surface area contributed by atoms with Crippen LogP contribution in [0.25, 0.3) is 10.9 Å². The number of amides is 1. The molecule has 1 saturated heterocycles. The van der Waals surface area contributed by atoms with Crippen molar-refractivity contribution in [3.63, 3.8) is 0 Å². The molecule has 5 nitrogen and oxygen atoms in total. The second-order valence-electron chi connectivity index (χ2n) is 6.78. The van der Waals surface area contributed by atoms with Gasteiger partial charge in [-0.05, 0) is 24.7 Å². The number of nitrogens with zero attached hydrogens (tertiary/aromatic N) is 3. The summed E-state index contributed by atoms with van der Waals surface area (Å²) >= 11 is 1.46. The molecule has 2 aliphatic rings. The molecule has 1 aliphatic carbocycles. The molecule has 2 unspecified atom stereocenters. The first kappa shape index (κ1) is 14.9. The zero-order valence-corrected chi connectivity index (χ0v) is 13.9. The summed E-state index contributed by atoms with van der Waals surface area (Å²) in [6, 6.07) is 0. The van der Waals surface area contributed by atoms with Crippen LogP contribution in [0, 0.1) is 11.8 Å². The molecule has 1 aliphatic heterocycles. The fourth-order valence-electron chi connectivity index (χ4n) is 4.08. The van der Waals surface area contributed by atoms with Gasteiger partial charge in [-0.15, -0.1) is 11.3 Å². The summed E-state index contributed by atoms with van der Waals surface area (Å²) in [6.07, 6.45) is 7.83. The van der Waals surface area contributed by atoms with Crippen LogP contribution in [0.4, 0.5) is 0 Å². The summed E-state index contributed by atoms with van der Waals surface area (Å²) in [5.41, 5.74) is 0.601. The maximum absolute atomic E-state index is 12.6. The molecule has 2 aromatic heterocycles. The third kappa shape index (κ3) is 2.80. The molecular formula is C17H21N3O2S. The lowest BCUT2D eigenvalue weighted by atomic mass is 9.75. The molecule has 0 spiro atoms. The highest BCUT2D eigenvalue weighted by molar-refractivity contribution is 7.09. The lowest BCUT2D eigenvalue weighted by Crippen LogP contribution is -2.46. The van der Waals surface area contributed by atoms with E-state index in [1.54, 1.807) is 5.38 Å². The quantitative estimate of drug-likeness (QED) is 0.849. The maximum Gasteiger partial charge on any atom is 0.262 e. The molecule has 2 atom stereocenters. The summed E-state index contributed by atoms with van der Waals surface area (Å²) in [4.78, 5) is 31.2. The molecule has 1 saturated carbocycles. The Morgan fingerprint density at radius 2 is 2.04 bits per heavy atom. The molecule has 0 aromatic carbocycles. The second-order valence-corrected chi connectivity index (χ2v) is 7.52. The van der Waals surface area contributed by atoms with Gasteiger partial charge in [0.05, 0.1) is 17.2 Å². The Morgan fingerprint density at radius 3 is 2.91 bits per heavy atom. The molecule has 2 fully saturated rings. The molecular weight excluding hydrogens is 310 g/mol. The number of fused-ring (bicyclic) bond motifs is 2. The van der Waals surface area contributed by atoms with E-state index in [0.29, 0.717) is 16.8 Å². The van der Waals surface area contributed by atoms with E-state index in [4.69, 9.17) is 0 Å². The topological polar surface area (TPSA) is 55.2 Å². The van der Waals surface area contributed by atoms with Crippen LogP contribution in [0.1, 0.15) is 32.1 Å². The van der Waals surface area contributed by atoms with Crippen molar-refractivity contribution < 1.29 is 4.79 Å². The van der Waals surface area contributed by atoms with Crippen molar-refractivity contribution in [2.45, 2.75) is 38.6 Å². The Labute approximate surface area is 138 Å². The predicted molar refractivity (Wildman–Crippen MR) is 90.5 cm³/mol. The van der Waals surface area contributed by atoms with E-state index in [1.807, 2.05) is 10.3 Å². The van der Waals surface area contributed by atoms with Crippen molar-refractivity contribution >= 4 is 28.1 Å². The van der Waals surface area contributed by atoms with Crippen molar-refractivity contribution in [1.82, 2.24) is 14.5 Å². The van der Waals surface area contributed by atoms with Crippen molar-refractivity contribution in [3.05, 3.63) is 27.4 Å². The van der Waals surface area contributed by atoms with Gasteiger partial charge in [-0.25, -0.2) is 4.98 Å². The van der Waals surface area contributed by atoms with Gasteiger partial charge in [0.25, 0.3) is 5.56 Å². The van der Waals surface area contributed by atoms with Gasteiger partial charge in [-0.2, -0.15) is 0 Å². The molecule has 1 amide bonds. The zero-order valence-electron chi connectivity index (χ0n) is 13.1. The first-order valence-electron chi connectivity index (χ1n) is 8.41. The van der Waals surface area contributed by atoms with Crippen molar-refractivity contribution in [2.24, 2.45) is 11.8 Å². The van der Waals surface area contributed by atoms with E-state index in [9.17, 15) is 9.59 Å². The maximum atomic E-state index is 12.6. The van der Waals surface area contributed by atoms with E-state index in [0.717, 1.165) is 25.4 Å². The minimum atomic E-state index is -0.114. The van der Waals surface area contributed by atoms with Gasteiger partial charge in [-0.3, -0.25) is 14.2 Å². The molecule has 23 heavy (non-hydrogen) atoms. The van der Waals surface area contributed by atoms with Gasteiger partial charge in [0, 0.05) is 23.8 Å². The normalized spacial score (nSPS) is 24.6. The monoisotopic (exact) mass is 331 g/mol. The summed E-state index contributed by atoms with van der Waals surface area (Å²) in [5, 5.41) is 4.27. The zero-order chi connectivity index (χ0) is 15.8. The van der Waals surface area contributed by atoms with Gasteiger partial charge in [0.1, 0.15) is 6.54 Å². The molecule has 3 heterocycles. The lowest BCUT2D eigenvalue weighted by molar-refractivity contribution is -0.135. The van der Waals surface area contributed by atoms with Crippen molar-refractivity contribution in [3.8, 4) is 0 Å². The number of carbonyl (C=O) groups excluding carboxylic acids is 1. The standard InChI is InChI=1S/C17H21N3O2S/c21-16(19-6-5-12-3-1-2-4-13(12)7-19)8-20-11-18-15-10-23-9-14(15)17(20)22/h9-13H,1-8H2.